The molecule has 0 saturated carbocycles. The van der Waals surface area contributed by atoms with E-state index in [4.69, 9.17) is 16.3 Å². The van der Waals surface area contributed by atoms with Crippen LogP contribution in [0, 0.1) is 0 Å². The SMILES string of the molecule is O=C1Nc2cc(Cl)ccc2N(C(=O)N2CCOCC2)c2ccccc21. The Morgan fingerprint density at radius 2 is 1.84 bits per heavy atom. The molecule has 2 aliphatic heterocycles. The van der Waals surface area contributed by atoms with Crippen LogP contribution in [-0.4, -0.2) is 43.1 Å². The second-order valence-electron chi connectivity index (χ2n) is 5.85. The fourth-order valence-corrected chi connectivity index (χ4v) is 3.26. The number of halogens is 1. The van der Waals surface area contributed by atoms with E-state index in [0.717, 1.165) is 0 Å². The minimum atomic E-state index is -0.267. The summed E-state index contributed by atoms with van der Waals surface area (Å²) in [5.41, 5.74) is 2.10. The van der Waals surface area contributed by atoms with Crippen LogP contribution in [0.15, 0.2) is 42.5 Å². The Morgan fingerprint density at radius 3 is 2.64 bits per heavy atom. The minimum Gasteiger partial charge on any atom is -0.378 e. The van der Waals surface area contributed by atoms with Crippen molar-refractivity contribution in [1.29, 1.82) is 0 Å². The maximum atomic E-state index is 13.2. The molecule has 7 heteroatoms. The normalized spacial score (nSPS) is 16.6. The number of amides is 3. The Bertz CT molecular complexity index is 849. The van der Waals surface area contributed by atoms with Gasteiger partial charge in [-0.25, -0.2) is 4.79 Å². The van der Waals surface area contributed by atoms with Crippen molar-refractivity contribution in [1.82, 2.24) is 4.90 Å². The number of anilines is 3. The van der Waals surface area contributed by atoms with Gasteiger partial charge in [-0.15, -0.1) is 0 Å². The first kappa shape index (κ1) is 15.9. The lowest BCUT2D eigenvalue weighted by molar-refractivity contribution is 0.0554. The van der Waals surface area contributed by atoms with Gasteiger partial charge in [-0.1, -0.05) is 23.7 Å². The molecule has 1 saturated heterocycles. The summed E-state index contributed by atoms with van der Waals surface area (Å²) >= 11 is 6.08. The molecule has 2 aromatic carbocycles. The van der Waals surface area contributed by atoms with Crippen molar-refractivity contribution in [2.45, 2.75) is 0 Å². The van der Waals surface area contributed by atoms with Gasteiger partial charge in [-0.3, -0.25) is 9.69 Å². The average Bonchev–Trinajstić information content (AvgIpc) is 2.76. The Morgan fingerprint density at radius 1 is 1.08 bits per heavy atom. The monoisotopic (exact) mass is 357 g/mol. The number of ether oxygens (including phenoxy) is 1. The van der Waals surface area contributed by atoms with Crippen LogP contribution < -0.4 is 10.2 Å². The molecule has 0 atom stereocenters. The summed E-state index contributed by atoms with van der Waals surface area (Å²) in [6, 6.07) is 12.0. The molecule has 2 aromatic rings. The van der Waals surface area contributed by atoms with Crippen molar-refractivity contribution < 1.29 is 14.3 Å². The van der Waals surface area contributed by atoms with Crippen molar-refractivity contribution in [2.75, 3.05) is 36.5 Å². The fraction of sp³-hybridized carbons (Fsp3) is 0.222. The van der Waals surface area contributed by atoms with Crippen LogP contribution >= 0.6 is 11.6 Å². The van der Waals surface area contributed by atoms with Crippen molar-refractivity contribution in [2.24, 2.45) is 0 Å². The van der Waals surface area contributed by atoms with Crippen LogP contribution in [0.3, 0.4) is 0 Å². The van der Waals surface area contributed by atoms with Gasteiger partial charge in [0.1, 0.15) is 0 Å². The van der Waals surface area contributed by atoms with Gasteiger partial charge in [-0.2, -0.15) is 0 Å². The van der Waals surface area contributed by atoms with Crippen LogP contribution in [-0.2, 0) is 4.74 Å². The molecule has 0 unspecified atom stereocenters. The van der Waals surface area contributed by atoms with Crippen molar-refractivity contribution >= 4 is 40.6 Å². The Labute approximate surface area is 149 Å². The number of morpholine rings is 1. The number of benzene rings is 2. The molecule has 0 spiro atoms. The van der Waals surface area contributed by atoms with Gasteiger partial charge in [-0.05, 0) is 30.3 Å². The number of urea groups is 1. The zero-order valence-electron chi connectivity index (χ0n) is 13.4. The number of hydrogen-bond acceptors (Lipinski definition) is 3. The fourth-order valence-electron chi connectivity index (χ4n) is 3.09. The highest BCUT2D eigenvalue weighted by Gasteiger charge is 2.32. The minimum absolute atomic E-state index is 0.184. The zero-order chi connectivity index (χ0) is 17.4. The Kier molecular flexibility index (Phi) is 4.07. The molecule has 0 bridgehead atoms. The molecule has 0 aromatic heterocycles. The van der Waals surface area contributed by atoms with E-state index in [-0.39, 0.29) is 11.9 Å². The maximum Gasteiger partial charge on any atom is 0.329 e. The van der Waals surface area contributed by atoms with Crippen molar-refractivity contribution in [3.8, 4) is 0 Å². The number of nitrogens with one attached hydrogen (secondary N) is 1. The number of fused-ring (bicyclic) bond motifs is 2. The summed E-state index contributed by atoms with van der Waals surface area (Å²) in [5.74, 6) is -0.267. The van der Waals surface area contributed by atoms with E-state index in [1.54, 1.807) is 46.2 Å². The Balaban J connectivity index is 1.87. The molecule has 3 amide bonds. The van der Waals surface area contributed by atoms with Gasteiger partial charge in [0.25, 0.3) is 5.91 Å². The molecule has 2 aliphatic rings. The Hall–Kier alpha value is -2.57. The predicted octanol–water partition coefficient (Wildman–Crippen LogP) is 3.50. The van der Waals surface area contributed by atoms with Gasteiger partial charge >= 0.3 is 6.03 Å². The molecule has 128 valence electrons. The molecule has 25 heavy (non-hydrogen) atoms. The second-order valence-corrected chi connectivity index (χ2v) is 6.29. The van der Waals surface area contributed by atoms with E-state index in [0.29, 0.717) is 54.0 Å². The lowest BCUT2D eigenvalue weighted by atomic mass is 10.1. The maximum absolute atomic E-state index is 13.2. The smallest absolute Gasteiger partial charge is 0.329 e. The van der Waals surface area contributed by atoms with Crippen LogP contribution in [0.5, 0.6) is 0 Å². The highest BCUT2D eigenvalue weighted by atomic mass is 35.5. The van der Waals surface area contributed by atoms with Gasteiger partial charge in [0.05, 0.1) is 35.8 Å². The third kappa shape index (κ3) is 2.83. The van der Waals surface area contributed by atoms with Crippen LogP contribution in [0.2, 0.25) is 5.02 Å². The molecule has 0 aliphatic carbocycles. The molecule has 1 fully saturated rings. The first-order valence-electron chi connectivity index (χ1n) is 8.02. The largest absolute Gasteiger partial charge is 0.378 e. The molecule has 4 rings (SSSR count). The lowest BCUT2D eigenvalue weighted by Crippen LogP contribution is -2.46. The van der Waals surface area contributed by atoms with Crippen LogP contribution in [0.4, 0.5) is 21.9 Å². The highest BCUT2D eigenvalue weighted by Crippen LogP contribution is 2.39. The van der Waals surface area contributed by atoms with E-state index in [1.165, 1.54) is 0 Å². The second kappa shape index (κ2) is 6.38. The number of carbonyl (C=O) groups excluding carboxylic acids is 2. The number of hydrogen-bond donors (Lipinski definition) is 1. The number of para-hydroxylation sites is 1. The summed E-state index contributed by atoms with van der Waals surface area (Å²) < 4.78 is 5.34. The van der Waals surface area contributed by atoms with Crippen molar-refractivity contribution in [3.05, 3.63) is 53.1 Å². The standard InChI is InChI=1S/C18H16ClN3O3/c19-12-5-6-16-14(11-12)20-17(23)13-3-1-2-4-15(13)22(16)18(24)21-7-9-25-10-8-21/h1-6,11H,7-10H2,(H,20,23). The van der Waals surface area contributed by atoms with Gasteiger partial charge in [0.15, 0.2) is 0 Å². The summed E-state index contributed by atoms with van der Waals surface area (Å²) in [6.07, 6.45) is 0. The van der Waals surface area contributed by atoms with E-state index in [9.17, 15) is 9.59 Å². The summed E-state index contributed by atoms with van der Waals surface area (Å²) in [5, 5.41) is 3.34. The van der Waals surface area contributed by atoms with E-state index in [2.05, 4.69) is 5.32 Å². The zero-order valence-corrected chi connectivity index (χ0v) is 14.1. The first-order chi connectivity index (χ1) is 12.1. The van der Waals surface area contributed by atoms with E-state index in [1.807, 2.05) is 6.07 Å². The first-order valence-corrected chi connectivity index (χ1v) is 8.39. The molecule has 2 heterocycles. The molecular weight excluding hydrogens is 342 g/mol. The third-order valence-electron chi connectivity index (χ3n) is 4.31. The lowest BCUT2D eigenvalue weighted by Gasteiger charge is -2.33. The molecular formula is C18H16ClN3O3. The summed E-state index contributed by atoms with van der Waals surface area (Å²) in [4.78, 5) is 29.1. The summed E-state index contributed by atoms with van der Waals surface area (Å²) in [6.45, 7) is 2.04. The van der Waals surface area contributed by atoms with Crippen LogP contribution in [0.25, 0.3) is 0 Å². The molecule has 1 N–H and O–H groups in total. The number of carbonyl (C=O) groups is 2. The van der Waals surface area contributed by atoms with Gasteiger partial charge in [0.2, 0.25) is 0 Å². The van der Waals surface area contributed by atoms with Gasteiger partial charge in [0, 0.05) is 18.1 Å². The number of rotatable bonds is 0. The average molecular weight is 358 g/mol. The molecule has 0 radical (unpaired) electrons. The predicted molar refractivity (Wildman–Crippen MR) is 95.8 cm³/mol. The van der Waals surface area contributed by atoms with Crippen molar-refractivity contribution in [3.63, 3.8) is 0 Å². The van der Waals surface area contributed by atoms with Gasteiger partial charge < -0.3 is 15.0 Å². The third-order valence-corrected chi connectivity index (χ3v) is 4.55. The topological polar surface area (TPSA) is 61.9 Å². The quantitative estimate of drug-likeness (QED) is 0.785. The molecule has 6 nitrogen and oxygen atoms in total. The van der Waals surface area contributed by atoms with Crippen LogP contribution in [0.1, 0.15) is 10.4 Å². The highest BCUT2D eigenvalue weighted by molar-refractivity contribution is 6.31. The van der Waals surface area contributed by atoms with E-state index >= 15 is 0 Å². The van der Waals surface area contributed by atoms with E-state index < -0.39 is 0 Å². The number of nitrogens with zero attached hydrogens (tertiary/aromatic N) is 2. The summed E-state index contributed by atoms with van der Waals surface area (Å²) in [7, 11) is 0.